The standard InChI is InChI=1S/C15H22N4O2/c1-11(2)13-16-6-4-12(18-13)8-19-7-3-5-15(10-19)9-17-14(20)21-15/h4,6,11H,3,5,7-10H2,1-2H3,(H,17,20)/t15-/m1/s1. The molecule has 1 aromatic rings. The van der Waals surface area contributed by atoms with E-state index in [0.29, 0.717) is 12.5 Å². The van der Waals surface area contributed by atoms with Gasteiger partial charge in [0, 0.05) is 25.2 Å². The smallest absolute Gasteiger partial charge is 0.407 e. The molecule has 2 fully saturated rings. The first-order valence-electron chi connectivity index (χ1n) is 7.57. The molecule has 0 aromatic carbocycles. The quantitative estimate of drug-likeness (QED) is 0.917. The van der Waals surface area contributed by atoms with Gasteiger partial charge in [-0.15, -0.1) is 0 Å². The molecular weight excluding hydrogens is 268 g/mol. The first-order chi connectivity index (χ1) is 10.1. The second-order valence-corrected chi connectivity index (χ2v) is 6.30. The predicted molar refractivity (Wildman–Crippen MR) is 77.8 cm³/mol. The third kappa shape index (κ3) is 3.15. The van der Waals surface area contributed by atoms with Gasteiger partial charge in [-0.1, -0.05) is 13.8 Å². The summed E-state index contributed by atoms with van der Waals surface area (Å²) in [6, 6.07) is 1.96. The molecule has 0 radical (unpaired) electrons. The highest BCUT2D eigenvalue weighted by molar-refractivity contribution is 5.70. The largest absolute Gasteiger partial charge is 0.440 e. The Labute approximate surface area is 124 Å². The monoisotopic (exact) mass is 290 g/mol. The van der Waals surface area contributed by atoms with Gasteiger partial charge in [0.25, 0.3) is 0 Å². The average molecular weight is 290 g/mol. The zero-order valence-corrected chi connectivity index (χ0v) is 12.6. The molecular formula is C15H22N4O2. The Hall–Kier alpha value is -1.69. The first kappa shape index (κ1) is 14.3. The number of amides is 1. The van der Waals surface area contributed by atoms with Crippen molar-refractivity contribution in [2.45, 2.75) is 44.8 Å². The van der Waals surface area contributed by atoms with Gasteiger partial charge in [0.15, 0.2) is 0 Å². The van der Waals surface area contributed by atoms with Crippen LogP contribution in [0.25, 0.3) is 0 Å². The SMILES string of the molecule is CC(C)c1nccc(CN2CCC[C@@]3(CNC(=O)O3)C2)n1. The number of ether oxygens (including phenoxy) is 1. The Bertz CT molecular complexity index is 534. The second-order valence-electron chi connectivity index (χ2n) is 6.30. The van der Waals surface area contributed by atoms with Gasteiger partial charge < -0.3 is 10.1 Å². The van der Waals surface area contributed by atoms with Gasteiger partial charge in [-0.3, -0.25) is 4.90 Å². The van der Waals surface area contributed by atoms with Crippen molar-refractivity contribution in [2.24, 2.45) is 0 Å². The van der Waals surface area contributed by atoms with Gasteiger partial charge in [0.1, 0.15) is 11.4 Å². The molecule has 6 heteroatoms. The minimum atomic E-state index is -0.344. The van der Waals surface area contributed by atoms with E-state index in [9.17, 15) is 4.79 Å². The number of piperidine rings is 1. The number of carbonyl (C=O) groups excluding carboxylic acids is 1. The minimum absolute atomic E-state index is 0.291. The fraction of sp³-hybridized carbons (Fsp3) is 0.667. The van der Waals surface area contributed by atoms with E-state index >= 15 is 0 Å². The van der Waals surface area contributed by atoms with Crippen LogP contribution >= 0.6 is 0 Å². The lowest BCUT2D eigenvalue weighted by molar-refractivity contribution is -0.0114. The number of likely N-dealkylation sites (tertiary alicyclic amines) is 1. The topological polar surface area (TPSA) is 67.4 Å². The number of hydrogen-bond acceptors (Lipinski definition) is 5. The van der Waals surface area contributed by atoms with Crippen molar-refractivity contribution in [1.29, 1.82) is 0 Å². The van der Waals surface area contributed by atoms with E-state index in [1.54, 1.807) is 0 Å². The van der Waals surface area contributed by atoms with Gasteiger partial charge in [-0.2, -0.15) is 0 Å². The third-order valence-corrected chi connectivity index (χ3v) is 4.12. The van der Waals surface area contributed by atoms with Crippen molar-refractivity contribution in [3.8, 4) is 0 Å². The third-order valence-electron chi connectivity index (χ3n) is 4.12. The van der Waals surface area contributed by atoms with Crippen LogP contribution in [-0.2, 0) is 11.3 Å². The minimum Gasteiger partial charge on any atom is -0.440 e. The van der Waals surface area contributed by atoms with E-state index in [1.165, 1.54) is 0 Å². The normalized spacial score (nSPS) is 26.1. The molecule has 2 aliphatic heterocycles. The van der Waals surface area contributed by atoms with E-state index in [-0.39, 0.29) is 11.7 Å². The van der Waals surface area contributed by atoms with Gasteiger partial charge in [-0.25, -0.2) is 14.8 Å². The molecule has 0 saturated carbocycles. The maximum absolute atomic E-state index is 11.3. The molecule has 1 spiro atoms. The molecule has 0 aliphatic carbocycles. The maximum atomic E-state index is 11.3. The molecule has 6 nitrogen and oxygen atoms in total. The first-order valence-corrected chi connectivity index (χ1v) is 7.57. The van der Waals surface area contributed by atoms with Crippen LogP contribution in [-0.4, -0.2) is 46.2 Å². The zero-order chi connectivity index (χ0) is 14.9. The van der Waals surface area contributed by atoms with Gasteiger partial charge >= 0.3 is 6.09 Å². The summed E-state index contributed by atoms with van der Waals surface area (Å²) in [6.45, 7) is 7.37. The summed E-state index contributed by atoms with van der Waals surface area (Å²) in [5.41, 5.74) is 0.687. The van der Waals surface area contributed by atoms with Gasteiger partial charge in [0.05, 0.1) is 12.2 Å². The molecule has 1 aromatic heterocycles. The summed E-state index contributed by atoms with van der Waals surface area (Å²) >= 11 is 0. The highest BCUT2D eigenvalue weighted by Crippen LogP contribution is 2.28. The summed E-state index contributed by atoms with van der Waals surface area (Å²) in [4.78, 5) is 22.6. The number of rotatable bonds is 3. The predicted octanol–water partition coefficient (Wildman–Crippen LogP) is 1.67. The summed E-state index contributed by atoms with van der Waals surface area (Å²) in [5.74, 6) is 1.21. The zero-order valence-electron chi connectivity index (χ0n) is 12.6. The van der Waals surface area contributed by atoms with E-state index in [1.807, 2.05) is 12.3 Å². The van der Waals surface area contributed by atoms with E-state index in [2.05, 4.69) is 34.0 Å². The lowest BCUT2D eigenvalue weighted by Gasteiger charge is -2.38. The number of carbonyl (C=O) groups is 1. The summed E-state index contributed by atoms with van der Waals surface area (Å²) in [6.07, 6.45) is 3.51. The number of aromatic nitrogens is 2. The Morgan fingerprint density at radius 2 is 2.38 bits per heavy atom. The molecule has 1 amide bonds. The van der Waals surface area contributed by atoms with Crippen molar-refractivity contribution in [2.75, 3.05) is 19.6 Å². The fourth-order valence-electron chi connectivity index (χ4n) is 3.06. The number of nitrogens with zero attached hydrogens (tertiary/aromatic N) is 3. The van der Waals surface area contributed by atoms with Crippen molar-refractivity contribution in [1.82, 2.24) is 20.2 Å². The number of nitrogens with one attached hydrogen (secondary N) is 1. The molecule has 0 bridgehead atoms. The van der Waals surface area contributed by atoms with Crippen molar-refractivity contribution >= 4 is 6.09 Å². The molecule has 2 aliphatic rings. The van der Waals surface area contributed by atoms with E-state index < -0.39 is 0 Å². The van der Waals surface area contributed by atoms with Gasteiger partial charge in [0.2, 0.25) is 0 Å². The van der Waals surface area contributed by atoms with Crippen LogP contribution in [0.3, 0.4) is 0 Å². The summed E-state index contributed by atoms with van der Waals surface area (Å²) in [5, 5.41) is 2.78. The molecule has 114 valence electrons. The van der Waals surface area contributed by atoms with Crippen LogP contribution in [0.5, 0.6) is 0 Å². The van der Waals surface area contributed by atoms with Crippen LogP contribution < -0.4 is 5.32 Å². The second kappa shape index (κ2) is 5.60. The van der Waals surface area contributed by atoms with E-state index in [4.69, 9.17) is 4.74 Å². The molecule has 1 N–H and O–H groups in total. The molecule has 21 heavy (non-hydrogen) atoms. The lowest BCUT2D eigenvalue weighted by Crippen LogP contribution is -2.50. The van der Waals surface area contributed by atoms with E-state index in [0.717, 1.165) is 44.0 Å². The van der Waals surface area contributed by atoms with Crippen molar-refractivity contribution in [3.05, 3.63) is 23.8 Å². The average Bonchev–Trinajstić information content (AvgIpc) is 2.80. The highest BCUT2D eigenvalue weighted by atomic mass is 16.6. The van der Waals surface area contributed by atoms with Crippen LogP contribution in [0, 0.1) is 0 Å². The van der Waals surface area contributed by atoms with Crippen LogP contribution in [0.1, 0.15) is 44.1 Å². The summed E-state index contributed by atoms with van der Waals surface area (Å²) < 4.78 is 5.50. The van der Waals surface area contributed by atoms with Crippen LogP contribution in [0.15, 0.2) is 12.3 Å². The Morgan fingerprint density at radius 3 is 3.10 bits per heavy atom. The lowest BCUT2D eigenvalue weighted by atomic mass is 9.93. The van der Waals surface area contributed by atoms with Crippen LogP contribution in [0.4, 0.5) is 4.79 Å². The Balaban J connectivity index is 1.67. The maximum Gasteiger partial charge on any atom is 0.407 e. The molecule has 1 atom stereocenters. The highest BCUT2D eigenvalue weighted by Gasteiger charge is 2.43. The summed E-state index contributed by atoms with van der Waals surface area (Å²) in [7, 11) is 0. The van der Waals surface area contributed by atoms with Crippen molar-refractivity contribution < 1.29 is 9.53 Å². The Morgan fingerprint density at radius 1 is 1.52 bits per heavy atom. The van der Waals surface area contributed by atoms with Gasteiger partial charge in [-0.05, 0) is 25.5 Å². The van der Waals surface area contributed by atoms with Crippen LogP contribution in [0.2, 0.25) is 0 Å². The molecule has 0 unspecified atom stereocenters. The number of alkyl carbamates (subject to hydrolysis) is 1. The molecule has 2 saturated heterocycles. The Kier molecular flexibility index (Phi) is 3.80. The van der Waals surface area contributed by atoms with Crippen molar-refractivity contribution in [3.63, 3.8) is 0 Å². The number of hydrogen-bond donors (Lipinski definition) is 1. The molecule has 3 rings (SSSR count). The molecule has 3 heterocycles. The fourth-order valence-corrected chi connectivity index (χ4v) is 3.06.